The Kier molecular flexibility index (Phi) is 3.56. The fraction of sp³-hybridized carbons (Fsp3) is 0.375. The lowest BCUT2D eigenvalue weighted by Crippen LogP contribution is -2.09. The molecule has 0 aliphatic carbocycles. The minimum atomic E-state index is -0.648. The second-order valence-electron chi connectivity index (χ2n) is 2.13. The number of rotatable bonds is 3. The maximum Gasteiger partial charge on any atom is 0.329 e. The van der Waals surface area contributed by atoms with Gasteiger partial charge in [0, 0.05) is 4.88 Å². The smallest absolute Gasteiger partial charge is 0.329 e. The van der Waals surface area contributed by atoms with E-state index in [4.69, 9.17) is 16.3 Å². The number of thiophene rings is 1. The highest BCUT2D eigenvalue weighted by Gasteiger charge is 2.19. The summed E-state index contributed by atoms with van der Waals surface area (Å²) >= 11 is 7.27. The minimum absolute atomic E-state index is 0.368. The van der Waals surface area contributed by atoms with Gasteiger partial charge in [0.15, 0.2) is 5.38 Å². The molecule has 0 saturated carbocycles. The Morgan fingerprint density at radius 2 is 2.58 bits per heavy atom. The molecule has 0 saturated heterocycles. The second kappa shape index (κ2) is 4.48. The number of carbonyl (C=O) groups is 1. The Labute approximate surface area is 80.1 Å². The van der Waals surface area contributed by atoms with Crippen LogP contribution in [-0.2, 0) is 9.53 Å². The summed E-state index contributed by atoms with van der Waals surface area (Å²) in [6, 6.07) is 3.67. The highest BCUT2D eigenvalue weighted by atomic mass is 35.5. The van der Waals surface area contributed by atoms with Gasteiger partial charge in [-0.25, -0.2) is 0 Å². The van der Waals surface area contributed by atoms with Crippen LogP contribution in [0.5, 0.6) is 0 Å². The van der Waals surface area contributed by atoms with E-state index in [1.54, 1.807) is 6.92 Å². The second-order valence-corrected chi connectivity index (χ2v) is 3.55. The Bertz CT molecular complexity index is 246. The molecule has 0 aromatic carbocycles. The van der Waals surface area contributed by atoms with E-state index >= 15 is 0 Å². The molecule has 66 valence electrons. The Morgan fingerprint density at radius 3 is 3.08 bits per heavy atom. The van der Waals surface area contributed by atoms with Crippen molar-refractivity contribution in [2.24, 2.45) is 0 Å². The molecule has 1 atom stereocenters. The Hall–Kier alpha value is -0.540. The van der Waals surface area contributed by atoms with Crippen molar-refractivity contribution in [2.75, 3.05) is 6.61 Å². The highest BCUT2D eigenvalue weighted by molar-refractivity contribution is 7.10. The summed E-state index contributed by atoms with van der Waals surface area (Å²) in [5.41, 5.74) is 0. The van der Waals surface area contributed by atoms with Gasteiger partial charge < -0.3 is 4.74 Å². The number of ether oxygens (including phenoxy) is 1. The van der Waals surface area contributed by atoms with Crippen LogP contribution in [0.4, 0.5) is 0 Å². The number of hydrogen-bond donors (Lipinski definition) is 0. The first-order valence-electron chi connectivity index (χ1n) is 3.59. The molecule has 0 radical (unpaired) electrons. The zero-order chi connectivity index (χ0) is 8.97. The average Bonchev–Trinajstić information content (AvgIpc) is 2.55. The van der Waals surface area contributed by atoms with Crippen LogP contribution in [0.2, 0.25) is 0 Å². The quantitative estimate of drug-likeness (QED) is 0.559. The summed E-state index contributed by atoms with van der Waals surface area (Å²) in [4.78, 5) is 11.9. The molecule has 0 amide bonds. The molecular formula is C8H9ClO2S. The maximum atomic E-state index is 11.1. The first-order chi connectivity index (χ1) is 5.75. The van der Waals surface area contributed by atoms with E-state index in [2.05, 4.69) is 0 Å². The SMILES string of the molecule is CCOC(=O)[C@H](Cl)c1cccs1. The van der Waals surface area contributed by atoms with E-state index < -0.39 is 5.38 Å². The van der Waals surface area contributed by atoms with Crippen LogP contribution in [-0.4, -0.2) is 12.6 Å². The van der Waals surface area contributed by atoms with Crippen molar-refractivity contribution < 1.29 is 9.53 Å². The zero-order valence-corrected chi connectivity index (χ0v) is 8.19. The van der Waals surface area contributed by atoms with Crippen molar-refractivity contribution in [2.45, 2.75) is 12.3 Å². The van der Waals surface area contributed by atoms with Gasteiger partial charge in [-0.3, -0.25) is 4.79 Å². The molecule has 1 aromatic rings. The molecule has 1 heterocycles. The molecule has 4 heteroatoms. The molecule has 1 rings (SSSR count). The molecule has 0 spiro atoms. The van der Waals surface area contributed by atoms with Gasteiger partial charge in [0.05, 0.1) is 6.61 Å². The third kappa shape index (κ3) is 2.22. The van der Waals surface area contributed by atoms with E-state index in [-0.39, 0.29) is 5.97 Å². The number of hydrogen-bond acceptors (Lipinski definition) is 3. The van der Waals surface area contributed by atoms with E-state index in [0.717, 1.165) is 4.88 Å². The number of esters is 1. The predicted octanol–water partition coefficient (Wildman–Crippen LogP) is 2.59. The molecule has 0 aliphatic rings. The zero-order valence-electron chi connectivity index (χ0n) is 6.62. The van der Waals surface area contributed by atoms with E-state index in [1.165, 1.54) is 11.3 Å². The van der Waals surface area contributed by atoms with E-state index in [0.29, 0.717) is 6.61 Å². The minimum Gasteiger partial charge on any atom is -0.465 e. The largest absolute Gasteiger partial charge is 0.465 e. The van der Waals surface area contributed by atoms with Crippen molar-refractivity contribution in [3.05, 3.63) is 22.4 Å². The van der Waals surface area contributed by atoms with Gasteiger partial charge >= 0.3 is 5.97 Å². The molecule has 0 aliphatic heterocycles. The molecular weight excluding hydrogens is 196 g/mol. The summed E-state index contributed by atoms with van der Waals surface area (Å²) in [6.45, 7) is 2.13. The summed E-state index contributed by atoms with van der Waals surface area (Å²) < 4.78 is 4.76. The van der Waals surface area contributed by atoms with Crippen molar-refractivity contribution in [3.8, 4) is 0 Å². The topological polar surface area (TPSA) is 26.3 Å². The van der Waals surface area contributed by atoms with Gasteiger partial charge in [-0.15, -0.1) is 22.9 Å². The lowest BCUT2D eigenvalue weighted by molar-refractivity contribution is -0.142. The van der Waals surface area contributed by atoms with Crippen molar-refractivity contribution in [1.29, 1.82) is 0 Å². The van der Waals surface area contributed by atoms with Crippen LogP contribution in [0.3, 0.4) is 0 Å². The summed E-state index contributed by atoms with van der Waals surface area (Å²) in [6.07, 6.45) is 0. The number of halogens is 1. The van der Waals surface area contributed by atoms with Gasteiger partial charge in [-0.05, 0) is 18.4 Å². The van der Waals surface area contributed by atoms with Crippen LogP contribution >= 0.6 is 22.9 Å². The molecule has 0 fully saturated rings. The highest BCUT2D eigenvalue weighted by Crippen LogP contribution is 2.25. The van der Waals surface area contributed by atoms with Crippen LogP contribution in [0, 0.1) is 0 Å². The summed E-state index contributed by atoms with van der Waals surface area (Å²) in [5.74, 6) is -0.374. The molecule has 12 heavy (non-hydrogen) atoms. The Morgan fingerprint density at radius 1 is 1.83 bits per heavy atom. The van der Waals surface area contributed by atoms with Gasteiger partial charge in [0.25, 0.3) is 0 Å². The monoisotopic (exact) mass is 204 g/mol. The van der Waals surface area contributed by atoms with Crippen molar-refractivity contribution in [1.82, 2.24) is 0 Å². The standard InChI is InChI=1S/C8H9ClO2S/c1-2-11-8(10)7(9)6-4-3-5-12-6/h3-5,7H,2H2,1H3/t7-/m1/s1. The van der Waals surface area contributed by atoms with Gasteiger partial charge in [-0.1, -0.05) is 6.07 Å². The van der Waals surface area contributed by atoms with Crippen LogP contribution < -0.4 is 0 Å². The van der Waals surface area contributed by atoms with Crippen molar-refractivity contribution >= 4 is 28.9 Å². The Balaban J connectivity index is 2.59. The number of alkyl halides is 1. The molecule has 1 aromatic heterocycles. The predicted molar refractivity (Wildman–Crippen MR) is 49.5 cm³/mol. The average molecular weight is 205 g/mol. The van der Waals surface area contributed by atoms with Gasteiger partial charge in [0.1, 0.15) is 0 Å². The first kappa shape index (κ1) is 9.55. The van der Waals surface area contributed by atoms with Gasteiger partial charge in [-0.2, -0.15) is 0 Å². The summed E-state index contributed by atoms with van der Waals surface area (Å²) in [5, 5.41) is 1.23. The van der Waals surface area contributed by atoms with Crippen LogP contribution in [0.15, 0.2) is 17.5 Å². The lowest BCUT2D eigenvalue weighted by atomic mass is 10.3. The molecule has 0 bridgehead atoms. The van der Waals surface area contributed by atoms with E-state index in [1.807, 2.05) is 17.5 Å². The van der Waals surface area contributed by atoms with Gasteiger partial charge in [0.2, 0.25) is 0 Å². The fourth-order valence-electron chi connectivity index (χ4n) is 0.767. The first-order valence-corrected chi connectivity index (χ1v) is 4.91. The fourth-order valence-corrected chi connectivity index (χ4v) is 1.74. The molecule has 2 nitrogen and oxygen atoms in total. The van der Waals surface area contributed by atoms with Crippen molar-refractivity contribution in [3.63, 3.8) is 0 Å². The third-order valence-electron chi connectivity index (χ3n) is 1.29. The maximum absolute atomic E-state index is 11.1. The van der Waals surface area contributed by atoms with Crippen LogP contribution in [0.1, 0.15) is 17.2 Å². The third-order valence-corrected chi connectivity index (χ3v) is 2.77. The van der Waals surface area contributed by atoms with Crippen LogP contribution in [0.25, 0.3) is 0 Å². The normalized spacial score (nSPS) is 12.5. The molecule has 0 unspecified atom stereocenters. The summed E-state index contributed by atoms with van der Waals surface area (Å²) in [7, 11) is 0. The lowest BCUT2D eigenvalue weighted by Gasteiger charge is -2.05. The number of carbonyl (C=O) groups excluding carboxylic acids is 1. The van der Waals surface area contributed by atoms with E-state index in [9.17, 15) is 4.79 Å². The molecule has 0 N–H and O–H groups in total.